The number of hydrogen-bond acceptors (Lipinski definition) is 4. The summed E-state index contributed by atoms with van der Waals surface area (Å²) < 4.78 is 0. The molecule has 5 heteroatoms. The van der Waals surface area contributed by atoms with Gasteiger partial charge in [0, 0.05) is 26.2 Å². The molecule has 1 aliphatic rings. The molecule has 0 spiro atoms. The van der Waals surface area contributed by atoms with Crippen LogP contribution in [0.15, 0.2) is 30.3 Å². The second kappa shape index (κ2) is 7.77. The number of carbonyl (C=O) groups is 1. The van der Waals surface area contributed by atoms with E-state index >= 15 is 0 Å². The van der Waals surface area contributed by atoms with Crippen LogP contribution in [0.1, 0.15) is 18.4 Å². The Kier molecular flexibility index (Phi) is 5.73. The second-order valence-corrected chi connectivity index (χ2v) is 5.44. The number of rotatable bonds is 5. The average Bonchev–Trinajstić information content (AvgIpc) is 2.54. The lowest BCUT2D eigenvalue weighted by atomic mass is 10.0. The highest BCUT2D eigenvalue weighted by Crippen LogP contribution is 2.13. The van der Waals surface area contributed by atoms with E-state index in [0.717, 1.165) is 13.1 Å². The molecule has 0 aromatic heterocycles. The van der Waals surface area contributed by atoms with Crippen molar-refractivity contribution in [1.29, 1.82) is 5.26 Å². The topological polar surface area (TPSA) is 68.2 Å². The van der Waals surface area contributed by atoms with Crippen molar-refractivity contribution in [2.24, 2.45) is 0 Å². The van der Waals surface area contributed by atoms with Crippen molar-refractivity contribution < 1.29 is 4.79 Å². The predicted molar refractivity (Wildman–Crippen MR) is 81.7 cm³/mol. The van der Waals surface area contributed by atoms with E-state index in [0.29, 0.717) is 19.6 Å². The zero-order chi connectivity index (χ0) is 15.1. The fourth-order valence-electron chi connectivity index (χ4n) is 2.47. The van der Waals surface area contributed by atoms with E-state index in [1.807, 2.05) is 23.1 Å². The maximum Gasteiger partial charge on any atom is 0.234 e. The maximum atomic E-state index is 12.0. The van der Waals surface area contributed by atoms with Gasteiger partial charge in [0.05, 0.1) is 12.6 Å². The Labute approximate surface area is 125 Å². The summed E-state index contributed by atoms with van der Waals surface area (Å²) in [4.78, 5) is 14.0. The van der Waals surface area contributed by atoms with Gasteiger partial charge in [-0.1, -0.05) is 37.3 Å². The van der Waals surface area contributed by atoms with E-state index in [4.69, 9.17) is 5.26 Å². The van der Waals surface area contributed by atoms with Gasteiger partial charge in [0.25, 0.3) is 0 Å². The van der Waals surface area contributed by atoms with Gasteiger partial charge in [-0.05, 0) is 11.5 Å². The molecule has 1 aromatic carbocycles. The number of carbonyl (C=O) groups excluding carboxylic acids is 1. The third-order valence-corrected chi connectivity index (χ3v) is 3.82. The van der Waals surface area contributed by atoms with Crippen molar-refractivity contribution in [3.8, 4) is 6.07 Å². The first-order chi connectivity index (χ1) is 10.2. The van der Waals surface area contributed by atoms with Gasteiger partial charge >= 0.3 is 0 Å². The molecule has 1 aliphatic heterocycles. The van der Waals surface area contributed by atoms with Gasteiger partial charge in [0.15, 0.2) is 0 Å². The Morgan fingerprint density at radius 1 is 1.52 bits per heavy atom. The highest BCUT2D eigenvalue weighted by atomic mass is 16.2. The van der Waals surface area contributed by atoms with Crippen molar-refractivity contribution in [3.05, 3.63) is 35.9 Å². The summed E-state index contributed by atoms with van der Waals surface area (Å²) in [5.74, 6) is 0.268. The predicted octanol–water partition coefficient (Wildman–Crippen LogP) is 0.704. The second-order valence-electron chi connectivity index (χ2n) is 5.44. The van der Waals surface area contributed by atoms with Crippen molar-refractivity contribution in [3.63, 3.8) is 0 Å². The van der Waals surface area contributed by atoms with Crippen molar-refractivity contribution in [1.82, 2.24) is 15.5 Å². The third kappa shape index (κ3) is 4.55. The van der Waals surface area contributed by atoms with E-state index < -0.39 is 0 Å². The minimum Gasteiger partial charge on any atom is -0.354 e. The summed E-state index contributed by atoms with van der Waals surface area (Å²) in [6.45, 7) is 5.20. The van der Waals surface area contributed by atoms with Crippen LogP contribution < -0.4 is 10.6 Å². The molecule has 1 heterocycles. The quantitative estimate of drug-likeness (QED) is 0.836. The zero-order valence-corrected chi connectivity index (χ0v) is 12.4. The van der Waals surface area contributed by atoms with Crippen LogP contribution in [0, 0.1) is 11.3 Å². The highest BCUT2D eigenvalue weighted by Gasteiger charge is 2.23. The number of piperazine rings is 1. The fourth-order valence-corrected chi connectivity index (χ4v) is 2.47. The molecule has 1 fully saturated rings. The molecular formula is C16H22N4O. The van der Waals surface area contributed by atoms with Crippen molar-refractivity contribution in [2.45, 2.75) is 18.9 Å². The highest BCUT2D eigenvalue weighted by molar-refractivity contribution is 5.78. The molecule has 0 bridgehead atoms. The van der Waals surface area contributed by atoms with Crippen LogP contribution in [0.4, 0.5) is 0 Å². The molecule has 2 N–H and O–H groups in total. The van der Waals surface area contributed by atoms with Crippen LogP contribution in [0.3, 0.4) is 0 Å². The Morgan fingerprint density at radius 2 is 2.29 bits per heavy atom. The molecule has 0 saturated carbocycles. The van der Waals surface area contributed by atoms with Crippen molar-refractivity contribution >= 4 is 5.91 Å². The summed E-state index contributed by atoms with van der Waals surface area (Å²) in [5, 5.41) is 15.2. The number of amides is 1. The number of nitrogens with one attached hydrogen (secondary N) is 2. The molecule has 5 nitrogen and oxygen atoms in total. The summed E-state index contributed by atoms with van der Waals surface area (Å²) >= 11 is 0. The standard InChI is InChI=1S/C16H22N4O/c1-13(14-5-3-2-4-6-14)10-19-16(21)12-20-8-7-18-11-15(20)9-17/h2-6,13,15,18H,7-8,10-12H2,1H3,(H,19,21). The lowest BCUT2D eigenvalue weighted by molar-refractivity contribution is -0.122. The minimum atomic E-state index is -0.212. The SMILES string of the molecule is CC(CNC(=O)CN1CCNCC1C#N)c1ccccc1. The first-order valence-corrected chi connectivity index (χ1v) is 7.36. The molecule has 1 saturated heterocycles. The molecule has 112 valence electrons. The summed E-state index contributed by atoms with van der Waals surface area (Å²) in [7, 11) is 0. The minimum absolute atomic E-state index is 0.0140. The molecular weight excluding hydrogens is 264 g/mol. The first-order valence-electron chi connectivity index (χ1n) is 7.36. The lowest BCUT2D eigenvalue weighted by Gasteiger charge is -2.31. The molecule has 21 heavy (non-hydrogen) atoms. The summed E-state index contributed by atoms with van der Waals surface area (Å²) in [6.07, 6.45) is 0. The summed E-state index contributed by atoms with van der Waals surface area (Å²) in [5.41, 5.74) is 1.22. The van der Waals surface area contributed by atoms with Crippen LogP contribution in [-0.2, 0) is 4.79 Å². The number of hydrogen-bond donors (Lipinski definition) is 2. The van der Waals surface area contributed by atoms with Crippen LogP contribution >= 0.6 is 0 Å². The van der Waals surface area contributed by atoms with Crippen LogP contribution in [0.5, 0.6) is 0 Å². The molecule has 2 unspecified atom stereocenters. The van der Waals surface area contributed by atoms with E-state index in [-0.39, 0.29) is 17.9 Å². The number of nitriles is 1. The molecule has 1 aromatic rings. The van der Waals surface area contributed by atoms with Crippen LogP contribution in [-0.4, -0.2) is 49.6 Å². The van der Waals surface area contributed by atoms with Gasteiger partial charge in [0.1, 0.15) is 6.04 Å². The first kappa shape index (κ1) is 15.5. The molecule has 2 atom stereocenters. The third-order valence-electron chi connectivity index (χ3n) is 3.82. The molecule has 1 amide bonds. The van der Waals surface area contributed by atoms with Crippen molar-refractivity contribution in [2.75, 3.05) is 32.7 Å². The fraction of sp³-hybridized carbons (Fsp3) is 0.500. The molecule has 0 radical (unpaired) electrons. The van der Waals surface area contributed by atoms with E-state index in [1.54, 1.807) is 0 Å². The van der Waals surface area contributed by atoms with Crippen LogP contribution in [0.25, 0.3) is 0 Å². The lowest BCUT2D eigenvalue weighted by Crippen LogP contribution is -2.53. The maximum absolute atomic E-state index is 12.0. The smallest absolute Gasteiger partial charge is 0.234 e. The Bertz CT molecular complexity index is 497. The average molecular weight is 286 g/mol. The zero-order valence-electron chi connectivity index (χ0n) is 12.4. The van der Waals surface area contributed by atoms with Crippen LogP contribution in [0.2, 0.25) is 0 Å². The number of benzene rings is 1. The number of nitrogens with zero attached hydrogens (tertiary/aromatic N) is 2. The Morgan fingerprint density at radius 3 is 3.00 bits per heavy atom. The van der Waals surface area contributed by atoms with Gasteiger partial charge in [0.2, 0.25) is 5.91 Å². The van der Waals surface area contributed by atoms with E-state index in [1.165, 1.54) is 5.56 Å². The van der Waals surface area contributed by atoms with Gasteiger partial charge in [-0.25, -0.2) is 0 Å². The molecule has 0 aliphatic carbocycles. The normalized spacial score (nSPS) is 20.5. The van der Waals surface area contributed by atoms with E-state index in [2.05, 4.69) is 35.8 Å². The Balaban J connectivity index is 1.78. The largest absolute Gasteiger partial charge is 0.354 e. The van der Waals surface area contributed by atoms with Gasteiger partial charge in [-0.15, -0.1) is 0 Å². The van der Waals surface area contributed by atoms with E-state index in [9.17, 15) is 4.79 Å². The molecule has 2 rings (SSSR count). The van der Waals surface area contributed by atoms with Gasteiger partial charge in [-0.2, -0.15) is 5.26 Å². The monoisotopic (exact) mass is 286 g/mol. The summed E-state index contributed by atoms with van der Waals surface area (Å²) in [6, 6.07) is 12.2. The van der Waals surface area contributed by atoms with Gasteiger partial charge in [-0.3, -0.25) is 9.69 Å². The van der Waals surface area contributed by atoms with Gasteiger partial charge < -0.3 is 10.6 Å². The Hall–Kier alpha value is -1.90.